The molecule has 1 aromatic rings. The van der Waals surface area contributed by atoms with Crippen LogP contribution < -0.4 is 10.6 Å². The molecule has 1 saturated heterocycles. The van der Waals surface area contributed by atoms with Gasteiger partial charge in [0.15, 0.2) is 0 Å². The quantitative estimate of drug-likeness (QED) is 0.755. The Bertz CT molecular complexity index is 284. The molecule has 0 radical (unpaired) electrons. The number of nitrogens with zero attached hydrogens (tertiary/aromatic N) is 1. The topological polar surface area (TPSA) is 37.0 Å². The van der Waals surface area contributed by atoms with Crippen molar-refractivity contribution in [3.8, 4) is 0 Å². The molecule has 0 aliphatic carbocycles. The average Bonchev–Trinajstić information content (AvgIpc) is 2.61. The van der Waals surface area contributed by atoms with E-state index in [0.717, 1.165) is 25.3 Å². The van der Waals surface area contributed by atoms with E-state index in [0.29, 0.717) is 11.1 Å². The number of halogens is 1. The molecule has 0 unspecified atom stereocenters. The van der Waals surface area contributed by atoms with Crippen LogP contribution in [0.3, 0.4) is 0 Å². The Kier molecular flexibility index (Phi) is 2.66. The van der Waals surface area contributed by atoms with Crippen molar-refractivity contribution in [3.05, 3.63) is 23.4 Å². The van der Waals surface area contributed by atoms with E-state index in [1.807, 2.05) is 12.1 Å². The summed E-state index contributed by atoms with van der Waals surface area (Å²) < 4.78 is 0. The van der Waals surface area contributed by atoms with E-state index in [9.17, 15) is 0 Å². The van der Waals surface area contributed by atoms with Crippen LogP contribution >= 0.6 is 11.6 Å². The molecule has 4 heteroatoms. The summed E-state index contributed by atoms with van der Waals surface area (Å²) >= 11 is 5.96. The maximum Gasteiger partial charge on any atom is 0.145 e. The van der Waals surface area contributed by atoms with Crippen LogP contribution in [0.1, 0.15) is 6.42 Å². The standard InChI is InChI=1S/C9H12ClN3/c10-8-2-1-4-12-9(8)13-7-3-5-11-6-7/h1-2,4,7,11H,3,5-6H2,(H,12,13)/t7-/m1/s1. The molecule has 2 N–H and O–H groups in total. The van der Waals surface area contributed by atoms with E-state index in [-0.39, 0.29) is 0 Å². The van der Waals surface area contributed by atoms with Gasteiger partial charge in [0.1, 0.15) is 5.82 Å². The largest absolute Gasteiger partial charge is 0.365 e. The smallest absolute Gasteiger partial charge is 0.145 e. The first kappa shape index (κ1) is 8.78. The number of aromatic nitrogens is 1. The Morgan fingerprint density at radius 3 is 3.23 bits per heavy atom. The van der Waals surface area contributed by atoms with E-state index < -0.39 is 0 Å². The minimum absolute atomic E-state index is 0.465. The van der Waals surface area contributed by atoms with Crippen molar-refractivity contribution >= 4 is 17.4 Å². The summed E-state index contributed by atoms with van der Waals surface area (Å²) in [4.78, 5) is 4.17. The first-order valence-electron chi connectivity index (χ1n) is 4.44. The number of pyridine rings is 1. The molecule has 1 aliphatic heterocycles. The van der Waals surface area contributed by atoms with Crippen LogP contribution in [0.25, 0.3) is 0 Å². The van der Waals surface area contributed by atoms with Crippen LogP contribution in [0.5, 0.6) is 0 Å². The second-order valence-corrected chi connectivity index (χ2v) is 3.58. The van der Waals surface area contributed by atoms with E-state index >= 15 is 0 Å². The van der Waals surface area contributed by atoms with Crippen LogP contribution in [0.2, 0.25) is 5.02 Å². The molecule has 3 nitrogen and oxygen atoms in total. The molecule has 1 atom stereocenters. The Morgan fingerprint density at radius 2 is 2.54 bits per heavy atom. The van der Waals surface area contributed by atoms with Crippen molar-refractivity contribution in [2.75, 3.05) is 18.4 Å². The molecule has 0 bridgehead atoms. The van der Waals surface area contributed by atoms with Gasteiger partial charge in [-0.3, -0.25) is 0 Å². The molecular weight excluding hydrogens is 186 g/mol. The maximum atomic E-state index is 5.96. The molecular formula is C9H12ClN3. The lowest BCUT2D eigenvalue weighted by atomic mass is 10.2. The van der Waals surface area contributed by atoms with Gasteiger partial charge in [-0.1, -0.05) is 11.6 Å². The molecule has 0 spiro atoms. The van der Waals surface area contributed by atoms with Crippen molar-refractivity contribution in [2.24, 2.45) is 0 Å². The van der Waals surface area contributed by atoms with Gasteiger partial charge < -0.3 is 10.6 Å². The fourth-order valence-corrected chi connectivity index (χ4v) is 1.64. The highest BCUT2D eigenvalue weighted by Crippen LogP contribution is 2.19. The lowest BCUT2D eigenvalue weighted by molar-refractivity contribution is 0.788. The van der Waals surface area contributed by atoms with Gasteiger partial charge in [-0.05, 0) is 25.1 Å². The summed E-state index contributed by atoms with van der Waals surface area (Å²) in [5.41, 5.74) is 0. The van der Waals surface area contributed by atoms with Crippen molar-refractivity contribution in [1.82, 2.24) is 10.3 Å². The lowest BCUT2D eigenvalue weighted by Gasteiger charge is -2.12. The summed E-state index contributed by atoms with van der Waals surface area (Å²) in [5.74, 6) is 0.790. The van der Waals surface area contributed by atoms with Gasteiger partial charge in [-0.2, -0.15) is 0 Å². The predicted molar refractivity (Wildman–Crippen MR) is 54.1 cm³/mol. The second-order valence-electron chi connectivity index (χ2n) is 3.17. The van der Waals surface area contributed by atoms with Crippen molar-refractivity contribution in [1.29, 1.82) is 0 Å². The van der Waals surface area contributed by atoms with Crippen LogP contribution in [0, 0.1) is 0 Å². The van der Waals surface area contributed by atoms with Crippen molar-refractivity contribution < 1.29 is 0 Å². The van der Waals surface area contributed by atoms with E-state index in [2.05, 4.69) is 15.6 Å². The summed E-state index contributed by atoms with van der Waals surface area (Å²) in [7, 11) is 0. The Balaban J connectivity index is 2.04. The zero-order valence-electron chi connectivity index (χ0n) is 7.26. The number of hydrogen-bond acceptors (Lipinski definition) is 3. The van der Waals surface area contributed by atoms with Gasteiger partial charge >= 0.3 is 0 Å². The fraction of sp³-hybridized carbons (Fsp3) is 0.444. The summed E-state index contributed by atoms with van der Waals surface area (Å²) in [6.07, 6.45) is 2.88. The SMILES string of the molecule is Clc1cccnc1N[C@@H]1CCNC1. The maximum absolute atomic E-state index is 5.96. The number of hydrogen-bond donors (Lipinski definition) is 2. The van der Waals surface area contributed by atoms with Gasteiger partial charge in [0.05, 0.1) is 5.02 Å². The number of nitrogens with one attached hydrogen (secondary N) is 2. The highest BCUT2D eigenvalue weighted by Gasteiger charge is 2.15. The van der Waals surface area contributed by atoms with Gasteiger partial charge in [-0.25, -0.2) is 4.98 Å². The van der Waals surface area contributed by atoms with Crippen LogP contribution in [-0.2, 0) is 0 Å². The first-order valence-corrected chi connectivity index (χ1v) is 4.82. The highest BCUT2D eigenvalue weighted by atomic mass is 35.5. The molecule has 0 saturated carbocycles. The molecule has 0 aromatic carbocycles. The fourth-order valence-electron chi connectivity index (χ4n) is 1.46. The summed E-state index contributed by atoms with van der Waals surface area (Å²) in [6.45, 7) is 2.06. The van der Waals surface area contributed by atoms with E-state index in [1.54, 1.807) is 6.20 Å². The molecule has 2 heterocycles. The second kappa shape index (κ2) is 3.94. The van der Waals surface area contributed by atoms with Crippen molar-refractivity contribution in [3.63, 3.8) is 0 Å². The Morgan fingerprint density at radius 1 is 1.62 bits per heavy atom. The Hall–Kier alpha value is -0.800. The third-order valence-electron chi connectivity index (χ3n) is 2.16. The lowest BCUT2D eigenvalue weighted by Crippen LogP contribution is -2.22. The molecule has 70 valence electrons. The highest BCUT2D eigenvalue weighted by molar-refractivity contribution is 6.32. The average molecular weight is 198 g/mol. The number of rotatable bonds is 2. The van der Waals surface area contributed by atoms with Crippen LogP contribution in [-0.4, -0.2) is 24.1 Å². The number of anilines is 1. The molecule has 0 amide bonds. The minimum Gasteiger partial charge on any atom is -0.365 e. The van der Waals surface area contributed by atoms with Gasteiger partial charge in [-0.15, -0.1) is 0 Å². The monoisotopic (exact) mass is 197 g/mol. The molecule has 2 rings (SSSR count). The van der Waals surface area contributed by atoms with Crippen molar-refractivity contribution in [2.45, 2.75) is 12.5 Å². The Labute approximate surface area is 82.5 Å². The predicted octanol–water partition coefficient (Wildman–Crippen LogP) is 1.51. The normalized spacial score (nSPS) is 21.8. The summed E-state index contributed by atoms with van der Waals surface area (Å²) in [5, 5.41) is 7.27. The van der Waals surface area contributed by atoms with Crippen LogP contribution in [0.15, 0.2) is 18.3 Å². The van der Waals surface area contributed by atoms with Gasteiger partial charge in [0.25, 0.3) is 0 Å². The van der Waals surface area contributed by atoms with E-state index in [4.69, 9.17) is 11.6 Å². The zero-order valence-corrected chi connectivity index (χ0v) is 8.01. The van der Waals surface area contributed by atoms with Gasteiger partial charge in [0, 0.05) is 18.8 Å². The molecule has 1 aromatic heterocycles. The molecule has 13 heavy (non-hydrogen) atoms. The van der Waals surface area contributed by atoms with E-state index in [1.165, 1.54) is 0 Å². The minimum atomic E-state index is 0.465. The molecule has 1 fully saturated rings. The summed E-state index contributed by atoms with van der Waals surface area (Å²) in [6, 6.07) is 4.15. The third-order valence-corrected chi connectivity index (χ3v) is 2.46. The van der Waals surface area contributed by atoms with Crippen LogP contribution in [0.4, 0.5) is 5.82 Å². The first-order chi connectivity index (χ1) is 6.36. The van der Waals surface area contributed by atoms with Gasteiger partial charge in [0.2, 0.25) is 0 Å². The molecule has 1 aliphatic rings. The third kappa shape index (κ3) is 2.11. The zero-order chi connectivity index (χ0) is 9.10.